The van der Waals surface area contributed by atoms with E-state index in [0.717, 1.165) is 30.0 Å². The Hall–Kier alpha value is -2.13. The minimum absolute atomic E-state index is 0.0149. The van der Waals surface area contributed by atoms with Crippen LogP contribution in [0.25, 0.3) is 0 Å². The van der Waals surface area contributed by atoms with Crippen LogP contribution < -0.4 is 14.9 Å². The third-order valence-corrected chi connectivity index (χ3v) is 9.68. The molecule has 2 aliphatic rings. The third kappa shape index (κ3) is 6.40. The highest BCUT2D eigenvalue weighted by Crippen LogP contribution is 2.35. The maximum atomic E-state index is 12.8. The smallest absolute Gasteiger partial charge is 0.227 e. The van der Waals surface area contributed by atoms with Crippen LogP contribution in [0.4, 0.5) is 11.4 Å². The lowest BCUT2D eigenvalue weighted by molar-refractivity contribution is -0.120. The van der Waals surface area contributed by atoms with Crippen LogP contribution in [-0.4, -0.2) is 43.8 Å². The first-order chi connectivity index (χ1) is 17.1. The first-order valence-corrected chi connectivity index (χ1v) is 14.6. The molecule has 0 bridgehead atoms. The van der Waals surface area contributed by atoms with Gasteiger partial charge in [0.1, 0.15) is 0 Å². The Bertz CT molecular complexity index is 1140. The molecule has 0 radical (unpaired) electrons. The van der Waals surface area contributed by atoms with E-state index < -0.39 is 20.9 Å². The normalized spacial score (nSPS) is 22.4. The monoisotopic (exact) mass is 533 g/mol. The molecule has 0 spiro atoms. The Morgan fingerprint density at radius 3 is 2.14 bits per heavy atom. The highest BCUT2D eigenvalue weighted by atomic mass is 35.5. The molecule has 2 fully saturated rings. The van der Waals surface area contributed by atoms with Gasteiger partial charge < -0.3 is 15.3 Å². The van der Waals surface area contributed by atoms with Gasteiger partial charge in [-0.15, -0.1) is 0 Å². The van der Waals surface area contributed by atoms with Crippen molar-refractivity contribution in [3.05, 3.63) is 59.1 Å². The number of sulfonamides is 1. The van der Waals surface area contributed by atoms with Gasteiger partial charge in [-0.2, -0.15) is 0 Å². The molecule has 1 aliphatic carbocycles. The van der Waals surface area contributed by atoms with Crippen molar-refractivity contribution in [1.29, 1.82) is 0 Å². The molecule has 1 saturated carbocycles. The lowest BCUT2D eigenvalue weighted by atomic mass is 9.84. The summed E-state index contributed by atoms with van der Waals surface area (Å²) in [4.78, 5) is 15.0. The fourth-order valence-electron chi connectivity index (χ4n) is 5.03. The molecular formula is C27H36ClN3O4S. The second kappa shape index (κ2) is 11.1. The number of piperidine rings is 1. The second-order valence-corrected chi connectivity index (χ2v) is 13.0. The fourth-order valence-corrected chi connectivity index (χ4v) is 6.12. The molecule has 3 N–H and O–H groups in total. The molecule has 0 unspecified atom stereocenters. The summed E-state index contributed by atoms with van der Waals surface area (Å²) in [6, 6.07) is 15.1. The molecule has 1 heterocycles. The molecule has 7 nitrogen and oxygen atoms in total. The van der Waals surface area contributed by atoms with Crippen molar-refractivity contribution in [2.75, 3.05) is 23.3 Å². The molecule has 1 amide bonds. The number of carbonyl (C=O) groups excluding carboxylic acids is 1. The van der Waals surface area contributed by atoms with Gasteiger partial charge in [-0.05, 0) is 94.3 Å². The molecule has 1 aliphatic heterocycles. The van der Waals surface area contributed by atoms with Crippen LogP contribution in [0.5, 0.6) is 0 Å². The average molecular weight is 534 g/mol. The number of nitrogens with one attached hydrogen (secondary N) is 2. The summed E-state index contributed by atoms with van der Waals surface area (Å²) in [7, 11) is -3.29. The van der Waals surface area contributed by atoms with E-state index in [9.17, 15) is 18.3 Å². The molecular weight excluding hydrogens is 498 g/mol. The van der Waals surface area contributed by atoms with Gasteiger partial charge in [0.15, 0.2) is 0 Å². The predicted molar refractivity (Wildman–Crippen MR) is 145 cm³/mol. The van der Waals surface area contributed by atoms with E-state index in [1.807, 2.05) is 48.5 Å². The first kappa shape index (κ1) is 26.9. The van der Waals surface area contributed by atoms with Gasteiger partial charge in [-0.1, -0.05) is 23.7 Å². The van der Waals surface area contributed by atoms with E-state index in [1.54, 1.807) is 13.8 Å². The summed E-state index contributed by atoms with van der Waals surface area (Å²) in [5.74, 6) is -0.129. The first-order valence-electron chi connectivity index (χ1n) is 12.7. The predicted octanol–water partition coefficient (Wildman–Crippen LogP) is 4.65. The minimum Gasteiger partial charge on any atom is -0.385 e. The Labute approximate surface area is 219 Å². The molecule has 196 valence electrons. The van der Waals surface area contributed by atoms with Crippen molar-refractivity contribution in [3.63, 3.8) is 0 Å². The van der Waals surface area contributed by atoms with Crippen LogP contribution in [-0.2, 0) is 20.4 Å². The van der Waals surface area contributed by atoms with Gasteiger partial charge in [0.25, 0.3) is 0 Å². The van der Waals surface area contributed by atoms with Gasteiger partial charge in [0.05, 0.1) is 10.9 Å². The third-order valence-electron chi connectivity index (χ3n) is 7.52. The molecule has 4 rings (SSSR count). The quantitative estimate of drug-likeness (QED) is 0.481. The second-order valence-electron chi connectivity index (χ2n) is 10.3. The number of aliphatic hydroxyl groups is 1. The summed E-state index contributed by atoms with van der Waals surface area (Å²) < 4.78 is 27.0. The standard InChI is InChI=1S/C27H36ClN3O4S/c1-19(2)36(34,35)30-24-9-3-20(4-10-24)26(32)29-23-11-13-25(14-12-23)31-17-15-27(33,16-18-31)21-5-7-22(28)8-6-21/h5-8,11-14,19-20,24,30,33H,3-4,9-10,15-18H2,1-2H3,(H,29,32). The van der Waals surface area contributed by atoms with E-state index in [2.05, 4.69) is 14.9 Å². The van der Waals surface area contributed by atoms with Gasteiger partial charge in [0.2, 0.25) is 15.9 Å². The molecule has 2 aromatic rings. The lowest BCUT2D eigenvalue weighted by Gasteiger charge is -2.39. The number of benzene rings is 2. The topological polar surface area (TPSA) is 98.7 Å². The van der Waals surface area contributed by atoms with Gasteiger partial charge in [-0.25, -0.2) is 13.1 Å². The SMILES string of the molecule is CC(C)S(=O)(=O)NC1CCC(C(=O)Nc2ccc(N3CCC(O)(c4ccc(Cl)cc4)CC3)cc2)CC1. The number of hydrogen-bond acceptors (Lipinski definition) is 5. The largest absolute Gasteiger partial charge is 0.385 e. The van der Waals surface area contributed by atoms with E-state index in [1.165, 1.54) is 0 Å². The van der Waals surface area contributed by atoms with Gasteiger partial charge in [-0.3, -0.25) is 4.79 Å². The van der Waals surface area contributed by atoms with E-state index in [-0.39, 0.29) is 17.9 Å². The highest BCUT2D eigenvalue weighted by Gasteiger charge is 2.34. The summed E-state index contributed by atoms with van der Waals surface area (Å²) in [6.07, 6.45) is 3.92. The van der Waals surface area contributed by atoms with Crippen LogP contribution in [0.2, 0.25) is 5.02 Å². The van der Waals surface area contributed by atoms with Crippen molar-refractivity contribution in [3.8, 4) is 0 Å². The van der Waals surface area contributed by atoms with Crippen LogP contribution in [0.1, 0.15) is 57.9 Å². The van der Waals surface area contributed by atoms with E-state index in [0.29, 0.717) is 43.5 Å². The zero-order chi connectivity index (χ0) is 25.9. The summed E-state index contributed by atoms with van der Waals surface area (Å²) in [6.45, 7) is 4.79. The molecule has 36 heavy (non-hydrogen) atoms. The molecule has 0 atom stereocenters. The Morgan fingerprint density at radius 1 is 1.00 bits per heavy atom. The highest BCUT2D eigenvalue weighted by molar-refractivity contribution is 7.90. The van der Waals surface area contributed by atoms with Crippen LogP contribution in [0.15, 0.2) is 48.5 Å². The number of rotatable bonds is 7. The summed E-state index contributed by atoms with van der Waals surface area (Å²) >= 11 is 5.98. The van der Waals surface area contributed by atoms with Crippen molar-refractivity contribution in [2.24, 2.45) is 5.92 Å². The molecule has 0 aromatic heterocycles. The van der Waals surface area contributed by atoms with Crippen molar-refractivity contribution < 1.29 is 18.3 Å². The summed E-state index contributed by atoms with van der Waals surface area (Å²) in [5.41, 5.74) is 1.86. The Kier molecular flexibility index (Phi) is 8.29. The zero-order valence-electron chi connectivity index (χ0n) is 20.9. The van der Waals surface area contributed by atoms with Crippen molar-refractivity contribution in [1.82, 2.24) is 4.72 Å². The maximum absolute atomic E-state index is 12.8. The summed E-state index contributed by atoms with van der Waals surface area (Å²) in [5, 5.41) is 14.3. The van der Waals surface area contributed by atoms with Crippen molar-refractivity contribution >= 4 is 38.9 Å². The number of amides is 1. The Balaban J connectivity index is 1.26. The van der Waals surface area contributed by atoms with Crippen molar-refractivity contribution in [2.45, 2.75) is 69.3 Å². The van der Waals surface area contributed by atoms with Crippen LogP contribution >= 0.6 is 11.6 Å². The number of anilines is 2. The molecule has 2 aromatic carbocycles. The molecule has 9 heteroatoms. The van der Waals surface area contributed by atoms with Gasteiger partial charge in [0, 0.05) is 41.4 Å². The van der Waals surface area contributed by atoms with Crippen LogP contribution in [0, 0.1) is 5.92 Å². The van der Waals surface area contributed by atoms with Gasteiger partial charge >= 0.3 is 0 Å². The van der Waals surface area contributed by atoms with E-state index in [4.69, 9.17) is 11.6 Å². The number of carbonyl (C=O) groups is 1. The minimum atomic E-state index is -3.29. The fraction of sp³-hybridized carbons (Fsp3) is 0.519. The average Bonchev–Trinajstić information content (AvgIpc) is 2.85. The molecule has 1 saturated heterocycles. The van der Waals surface area contributed by atoms with E-state index >= 15 is 0 Å². The number of halogens is 1. The maximum Gasteiger partial charge on any atom is 0.227 e. The van der Waals surface area contributed by atoms with Crippen LogP contribution in [0.3, 0.4) is 0 Å². The number of hydrogen-bond donors (Lipinski definition) is 3. The zero-order valence-corrected chi connectivity index (χ0v) is 22.5. The lowest BCUT2D eigenvalue weighted by Crippen LogP contribution is -2.42. The number of nitrogens with zero attached hydrogens (tertiary/aromatic N) is 1. The Morgan fingerprint density at radius 2 is 1.58 bits per heavy atom.